The Kier molecular flexibility index (Phi) is 3.88. The number of nitrogens with one attached hydrogen (secondary N) is 1. The van der Waals surface area contributed by atoms with E-state index in [9.17, 15) is 19.5 Å². The number of piperidine rings is 1. The first-order valence-corrected chi connectivity index (χ1v) is 7.53. The maximum atomic E-state index is 12.4. The maximum absolute atomic E-state index is 12.4. The quantitative estimate of drug-likeness (QED) is 0.776. The molecule has 2 aromatic rings. The lowest BCUT2D eigenvalue weighted by Crippen LogP contribution is -2.56. The summed E-state index contributed by atoms with van der Waals surface area (Å²) in [5, 5.41) is 10.8. The van der Waals surface area contributed by atoms with E-state index in [4.69, 9.17) is 4.42 Å². The first-order valence-electron chi connectivity index (χ1n) is 7.53. The van der Waals surface area contributed by atoms with Gasteiger partial charge in [0, 0.05) is 25.7 Å². The molecule has 24 heavy (non-hydrogen) atoms. The number of β-amino-alcohol motifs (C(OH)–C–C–N with tert-alkyl or cyclic N) is 1. The van der Waals surface area contributed by atoms with Crippen molar-refractivity contribution in [3.63, 3.8) is 0 Å². The molecule has 1 aliphatic heterocycles. The SMILES string of the molecule is Cc1nc(C(=O)N2CC[C@@H](n3ccc(=O)[nH]c3=O)[C@](C)(O)C2)co1. The molecule has 0 radical (unpaired) electrons. The predicted octanol–water partition coefficient (Wildman–Crippen LogP) is -0.329. The van der Waals surface area contributed by atoms with E-state index in [2.05, 4.69) is 9.97 Å². The third-order valence-electron chi connectivity index (χ3n) is 4.21. The number of amides is 1. The second-order valence-corrected chi connectivity index (χ2v) is 6.16. The molecule has 3 heterocycles. The number of oxazole rings is 1. The zero-order valence-corrected chi connectivity index (χ0v) is 13.4. The number of rotatable bonds is 2. The van der Waals surface area contributed by atoms with Gasteiger partial charge < -0.3 is 14.4 Å². The second kappa shape index (κ2) is 5.75. The molecule has 0 unspecified atom stereocenters. The minimum absolute atomic E-state index is 0.0357. The molecule has 3 rings (SSSR count). The fourth-order valence-electron chi connectivity index (χ4n) is 3.07. The van der Waals surface area contributed by atoms with Crippen molar-refractivity contribution in [3.8, 4) is 0 Å². The van der Waals surface area contributed by atoms with Crippen LogP contribution in [0, 0.1) is 6.92 Å². The first kappa shape index (κ1) is 16.2. The van der Waals surface area contributed by atoms with Gasteiger partial charge in [-0.1, -0.05) is 0 Å². The Morgan fingerprint density at radius 3 is 2.83 bits per heavy atom. The molecular formula is C15H18N4O5. The third kappa shape index (κ3) is 2.90. The van der Waals surface area contributed by atoms with E-state index in [-0.39, 0.29) is 18.1 Å². The van der Waals surface area contributed by atoms with Gasteiger partial charge in [0.05, 0.1) is 12.6 Å². The van der Waals surface area contributed by atoms with E-state index in [0.29, 0.717) is 18.9 Å². The molecule has 2 aromatic heterocycles. The van der Waals surface area contributed by atoms with Crippen LogP contribution < -0.4 is 11.2 Å². The van der Waals surface area contributed by atoms with Crippen molar-refractivity contribution in [2.75, 3.05) is 13.1 Å². The summed E-state index contributed by atoms with van der Waals surface area (Å²) >= 11 is 0. The first-order chi connectivity index (χ1) is 11.3. The molecule has 1 fully saturated rings. The molecular weight excluding hydrogens is 316 g/mol. The van der Waals surface area contributed by atoms with Gasteiger partial charge in [-0.2, -0.15) is 0 Å². The van der Waals surface area contributed by atoms with Gasteiger partial charge in [0.2, 0.25) is 0 Å². The highest BCUT2D eigenvalue weighted by Gasteiger charge is 2.41. The zero-order chi connectivity index (χ0) is 17.5. The molecule has 2 N–H and O–H groups in total. The van der Waals surface area contributed by atoms with Gasteiger partial charge in [-0.3, -0.25) is 19.1 Å². The van der Waals surface area contributed by atoms with E-state index in [1.54, 1.807) is 13.8 Å². The van der Waals surface area contributed by atoms with E-state index in [1.807, 2.05) is 0 Å². The fraction of sp³-hybridized carbons (Fsp3) is 0.467. The topological polar surface area (TPSA) is 121 Å². The molecule has 0 spiro atoms. The van der Waals surface area contributed by atoms with Crippen LogP contribution in [0.15, 0.2) is 32.5 Å². The average Bonchev–Trinajstić information content (AvgIpc) is 2.93. The fourth-order valence-corrected chi connectivity index (χ4v) is 3.07. The number of hydrogen-bond donors (Lipinski definition) is 2. The van der Waals surface area contributed by atoms with Crippen molar-refractivity contribution in [1.82, 2.24) is 19.4 Å². The summed E-state index contributed by atoms with van der Waals surface area (Å²) in [6.07, 6.45) is 3.01. The zero-order valence-electron chi connectivity index (χ0n) is 13.4. The van der Waals surface area contributed by atoms with Crippen molar-refractivity contribution >= 4 is 5.91 Å². The summed E-state index contributed by atoms with van der Waals surface area (Å²) in [5.74, 6) is 0.0548. The van der Waals surface area contributed by atoms with Gasteiger partial charge in [-0.15, -0.1) is 0 Å². The van der Waals surface area contributed by atoms with Crippen molar-refractivity contribution in [2.45, 2.75) is 31.9 Å². The van der Waals surface area contributed by atoms with Crippen LogP contribution in [-0.2, 0) is 0 Å². The van der Waals surface area contributed by atoms with Crippen LogP contribution in [0.2, 0.25) is 0 Å². The summed E-state index contributed by atoms with van der Waals surface area (Å²) < 4.78 is 6.34. The van der Waals surface area contributed by atoms with Gasteiger partial charge in [-0.05, 0) is 13.3 Å². The average molecular weight is 334 g/mol. The predicted molar refractivity (Wildman–Crippen MR) is 82.7 cm³/mol. The second-order valence-electron chi connectivity index (χ2n) is 6.16. The lowest BCUT2D eigenvalue weighted by molar-refractivity contribution is -0.0505. The van der Waals surface area contributed by atoms with Crippen LogP contribution in [0.3, 0.4) is 0 Å². The standard InChI is InChI=1S/C15H18N4O5/c1-9-16-10(7-24-9)13(21)18-5-3-11(15(2,23)8-18)19-6-4-12(20)17-14(19)22/h4,6-7,11,23H,3,5,8H2,1-2H3,(H,17,20,22)/t11-,15-/m1/s1. The van der Waals surface area contributed by atoms with Gasteiger partial charge in [0.15, 0.2) is 11.6 Å². The van der Waals surface area contributed by atoms with Gasteiger partial charge >= 0.3 is 5.69 Å². The smallest absolute Gasteiger partial charge is 0.328 e. The lowest BCUT2D eigenvalue weighted by Gasteiger charge is -2.43. The Morgan fingerprint density at radius 1 is 1.50 bits per heavy atom. The van der Waals surface area contributed by atoms with Crippen molar-refractivity contribution in [3.05, 3.63) is 50.9 Å². The molecule has 0 aromatic carbocycles. The largest absolute Gasteiger partial charge is 0.448 e. The molecule has 2 atom stereocenters. The summed E-state index contributed by atoms with van der Waals surface area (Å²) in [7, 11) is 0. The Balaban J connectivity index is 1.83. The van der Waals surface area contributed by atoms with Crippen LogP contribution in [0.4, 0.5) is 0 Å². The van der Waals surface area contributed by atoms with E-state index < -0.39 is 22.9 Å². The number of H-pyrrole nitrogens is 1. The number of hydrogen-bond acceptors (Lipinski definition) is 6. The minimum Gasteiger partial charge on any atom is -0.448 e. The van der Waals surface area contributed by atoms with E-state index in [0.717, 1.165) is 0 Å². The highest BCUT2D eigenvalue weighted by atomic mass is 16.3. The highest BCUT2D eigenvalue weighted by Crippen LogP contribution is 2.31. The molecule has 0 aliphatic carbocycles. The minimum atomic E-state index is -1.34. The molecule has 1 aliphatic rings. The number of aliphatic hydroxyl groups is 1. The number of likely N-dealkylation sites (tertiary alicyclic amines) is 1. The molecule has 9 nitrogen and oxygen atoms in total. The Bertz CT molecular complexity index is 878. The number of carbonyl (C=O) groups excluding carboxylic acids is 1. The Morgan fingerprint density at radius 2 is 2.25 bits per heavy atom. The monoisotopic (exact) mass is 334 g/mol. The Hall–Kier alpha value is -2.68. The van der Waals surface area contributed by atoms with Crippen molar-refractivity contribution < 1.29 is 14.3 Å². The van der Waals surface area contributed by atoms with E-state index in [1.165, 1.54) is 28.0 Å². The summed E-state index contributed by atoms with van der Waals surface area (Å²) in [6, 6.07) is 0.678. The number of nitrogens with zero attached hydrogens (tertiary/aromatic N) is 3. The molecule has 1 amide bonds. The molecule has 128 valence electrons. The van der Waals surface area contributed by atoms with Gasteiger partial charge in [-0.25, -0.2) is 9.78 Å². The third-order valence-corrected chi connectivity index (χ3v) is 4.21. The van der Waals surface area contributed by atoms with E-state index >= 15 is 0 Å². The van der Waals surface area contributed by atoms with Crippen LogP contribution >= 0.6 is 0 Å². The van der Waals surface area contributed by atoms with Crippen molar-refractivity contribution in [1.29, 1.82) is 0 Å². The molecule has 0 bridgehead atoms. The maximum Gasteiger partial charge on any atom is 0.328 e. The summed E-state index contributed by atoms with van der Waals surface area (Å²) in [6.45, 7) is 3.58. The number of aryl methyl sites for hydroxylation is 1. The van der Waals surface area contributed by atoms with Gasteiger partial charge in [0.25, 0.3) is 11.5 Å². The Labute approximate surface area is 136 Å². The lowest BCUT2D eigenvalue weighted by atomic mass is 9.88. The summed E-state index contributed by atoms with van der Waals surface area (Å²) in [5.41, 5.74) is -2.23. The van der Waals surface area contributed by atoms with Crippen molar-refractivity contribution in [2.24, 2.45) is 0 Å². The normalized spacial score (nSPS) is 24.1. The van der Waals surface area contributed by atoms with Crippen LogP contribution in [0.1, 0.15) is 35.8 Å². The van der Waals surface area contributed by atoms with Crippen LogP contribution in [0.5, 0.6) is 0 Å². The van der Waals surface area contributed by atoms with Crippen LogP contribution in [0.25, 0.3) is 0 Å². The van der Waals surface area contributed by atoms with Crippen LogP contribution in [-0.4, -0.2) is 49.1 Å². The summed E-state index contributed by atoms with van der Waals surface area (Å²) in [4.78, 5) is 43.2. The number of carbonyl (C=O) groups is 1. The number of aromatic amines is 1. The molecule has 1 saturated heterocycles. The molecule has 0 saturated carbocycles. The molecule has 9 heteroatoms. The highest BCUT2D eigenvalue weighted by molar-refractivity contribution is 5.92. The number of aromatic nitrogens is 3. The van der Waals surface area contributed by atoms with Gasteiger partial charge in [0.1, 0.15) is 11.9 Å².